The molecule has 0 aliphatic rings. The van der Waals surface area contributed by atoms with Crippen LogP contribution in [0.4, 0.5) is 5.69 Å². The quantitative estimate of drug-likeness (QED) is 0.142. The molecule has 1 heterocycles. The monoisotopic (exact) mass is 621 g/mol. The molecule has 0 N–H and O–H groups in total. The SMILES string of the molecule is [C-]#[N+]c1ccc(-c2ccc3cc(-c4cccc(-c5ccc6c(c5)c5ccccc5c5cc7c(cc65)oc5ccccc57)c4)ccc3c2)cc1. The fourth-order valence-electron chi connectivity index (χ4n) is 7.56. The van der Waals surface area contributed by atoms with Crippen LogP contribution in [0, 0.1) is 6.57 Å². The van der Waals surface area contributed by atoms with Crippen LogP contribution in [0.25, 0.3) is 103 Å². The average Bonchev–Trinajstić information content (AvgIpc) is 3.54. The van der Waals surface area contributed by atoms with E-state index in [4.69, 9.17) is 11.0 Å². The van der Waals surface area contributed by atoms with E-state index in [0.717, 1.165) is 33.1 Å². The zero-order valence-electron chi connectivity index (χ0n) is 26.4. The summed E-state index contributed by atoms with van der Waals surface area (Å²) in [6.45, 7) is 7.23. The van der Waals surface area contributed by atoms with Crippen molar-refractivity contribution in [3.63, 3.8) is 0 Å². The number of fused-ring (bicyclic) bond motifs is 10. The third kappa shape index (κ3) is 4.41. The van der Waals surface area contributed by atoms with E-state index >= 15 is 0 Å². The molecule has 10 rings (SSSR count). The first-order chi connectivity index (χ1) is 24.2. The van der Waals surface area contributed by atoms with Crippen LogP contribution in [0.15, 0.2) is 168 Å². The van der Waals surface area contributed by atoms with Crippen molar-refractivity contribution in [1.29, 1.82) is 0 Å². The fourth-order valence-corrected chi connectivity index (χ4v) is 7.56. The number of nitrogens with zero attached hydrogens (tertiary/aromatic N) is 1. The largest absolute Gasteiger partial charge is 0.456 e. The highest BCUT2D eigenvalue weighted by atomic mass is 16.3. The summed E-state index contributed by atoms with van der Waals surface area (Å²) in [7, 11) is 0. The Labute approximate surface area is 282 Å². The van der Waals surface area contributed by atoms with Gasteiger partial charge in [0.1, 0.15) is 11.2 Å². The van der Waals surface area contributed by atoms with Gasteiger partial charge in [-0.15, -0.1) is 0 Å². The van der Waals surface area contributed by atoms with Crippen LogP contribution in [0.5, 0.6) is 0 Å². The number of hydrogen-bond donors (Lipinski definition) is 0. The number of para-hydroxylation sites is 1. The maximum Gasteiger partial charge on any atom is 0.187 e. The molecule has 0 aliphatic carbocycles. The number of furan rings is 1. The van der Waals surface area contributed by atoms with Crippen molar-refractivity contribution in [3.05, 3.63) is 175 Å². The molecule has 2 nitrogen and oxygen atoms in total. The standard InChI is InChI=1S/C47H27NO/c1-48-37-20-17-29(18-21-37)32-13-14-35-25-33(15-16-34(35)24-32)30-7-6-8-31(23-30)36-19-22-40-42(26-36)38-9-2-3-10-39(38)43-27-45-41-11-4-5-12-46(41)49-47(45)28-44(40)43/h2-28H. The predicted molar refractivity (Wildman–Crippen MR) is 206 cm³/mol. The first-order valence-electron chi connectivity index (χ1n) is 16.5. The van der Waals surface area contributed by atoms with Crippen molar-refractivity contribution < 1.29 is 4.42 Å². The molecule has 49 heavy (non-hydrogen) atoms. The summed E-state index contributed by atoms with van der Waals surface area (Å²) in [5.74, 6) is 0. The highest BCUT2D eigenvalue weighted by molar-refractivity contribution is 6.28. The lowest BCUT2D eigenvalue weighted by Crippen LogP contribution is -1.86. The maximum absolute atomic E-state index is 7.23. The third-order valence-corrected chi connectivity index (χ3v) is 10.0. The number of hydrogen-bond acceptors (Lipinski definition) is 1. The lowest BCUT2D eigenvalue weighted by Gasteiger charge is -2.13. The minimum Gasteiger partial charge on any atom is -0.456 e. The molecule has 1 aromatic heterocycles. The Morgan fingerprint density at radius 3 is 1.57 bits per heavy atom. The van der Waals surface area contributed by atoms with Gasteiger partial charge < -0.3 is 4.42 Å². The van der Waals surface area contributed by atoms with Crippen LogP contribution in [0.2, 0.25) is 0 Å². The van der Waals surface area contributed by atoms with Gasteiger partial charge in [-0.1, -0.05) is 121 Å². The maximum atomic E-state index is 7.23. The molecule has 0 saturated heterocycles. The van der Waals surface area contributed by atoms with Gasteiger partial charge in [0.2, 0.25) is 0 Å². The summed E-state index contributed by atoms with van der Waals surface area (Å²) < 4.78 is 6.32. The van der Waals surface area contributed by atoms with Crippen molar-refractivity contribution in [2.45, 2.75) is 0 Å². The van der Waals surface area contributed by atoms with Crippen LogP contribution < -0.4 is 0 Å². The molecule has 0 fully saturated rings. The molecule has 0 spiro atoms. The Morgan fingerprint density at radius 2 is 0.857 bits per heavy atom. The lowest BCUT2D eigenvalue weighted by molar-refractivity contribution is 0.669. The van der Waals surface area contributed by atoms with Gasteiger partial charge in [0.15, 0.2) is 5.69 Å². The van der Waals surface area contributed by atoms with E-state index in [0.29, 0.717) is 5.69 Å². The van der Waals surface area contributed by atoms with Crippen LogP contribution in [-0.2, 0) is 0 Å². The van der Waals surface area contributed by atoms with Crippen molar-refractivity contribution in [2.75, 3.05) is 0 Å². The van der Waals surface area contributed by atoms with Crippen LogP contribution in [0.1, 0.15) is 0 Å². The Hall–Kier alpha value is -6.69. The second-order valence-corrected chi connectivity index (χ2v) is 12.8. The topological polar surface area (TPSA) is 17.5 Å². The van der Waals surface area contributed by atoms with E-state index in [9.17, 15) is 0 Å². The third-order valence-electron chi connectivity index (χ3n) is 10.0. The summed E-state index contributed by atoms with van der Waals surface area (Å²) in [5.41, 5.74) is 9.53. The van der Waals surface area contributed by atoms with Gasteiger partial charge in [0.05, 0.1) is 6.57 Å². The Morgan fingerprint density at radius 1 is 0.327 bits per heavy atom. The summed E-state index contributed by atoms with van der Waals surface area (Å²) in [6.07, 6.45) is 0. The van der Waals surface area contributed by atoms with E-state index in [2.05, 4.69) is 132 Å². The van der Waals surface area contributed by atoms with Gasteiger partial charge >= 0.3 is 0 Å². The lowest BCUT2D eigenvalue weighted by atomic mass is 9.90. The molecular formula is C47H27NO. The first kappa shape index (κ1) is 27.4. The number of rotatable bonds is 3. The van der Waals surface area contributed by atoms with Crippen LogP contribution >= 0.6 is 0 Å². The minimum atomic E-state index is 0.659. The molecule has 0 saturated carbocycles. The van der Waals surface area contributed by atoms with Gasteiger partial charge in [-0.05, 0) is 119 Å². The van der Waals surface area contributed by atoms with Gasteiger partial charge in [0, 0.05) is 10.8 Å². The summed E-state index contributed by atoms with van der Waals surface area (Å²) in [6, 6.07) is 58.4. The van der Waals surface area contributed by atoms with Crippen LogP contribution in [0.3, 0.4) is 0 Å². The molecule has 0 unspecified atom stereocenters. The molecule has 0 atom stereocenters. The van der Waals surface area contributed by atoms with Crippen molar-refractivity contribution in [1.82, 2.24) is 0 Å². The average molecular weight is 622 g/mol. The van der Waals surface area contributed by atoms with Gasteiger partial charge in [0.25, 0.3) is 0 Å². The summed E-state index contributed by atoms with van der Waals surface area (Å²) in [5, 5.41) is 12.1. The highest BCUT2D eigenvalue weighted by Crippen LogP contribution is 2.41. The van der Waals surface area contributed by atoms with E-state index in [-0.39, 0.29) is 0 Å². The van der Waals surface area contributed by atoms with Gasteiger partial charge in [-0.3, -0.25) is 0 Å². The molecule has 226 valence electrons. The molecule has 0 radical (unpaired) electrons. The van der Waals surface area contributed by atoms with Crippen molar-refractivity contribution in [3.8, 4) is 33.4 Å². The first-order valence-corrected chi connectivity index (χ1v) is 16.5. The normalized spacial score (nSPS) is 11.7. The molecular weight excluding hydrogens is 595 g/mol. The van der Waals surface area contributed by atoms with E-state index in [1.54, 1.807) is 0 Å². The zero-order valence-corrected chi connectivity index (χ0v) is 26.4. The smallest absolute Gasteiger partial charge is 0.187 e. The molecule has 2 heteroatoms. The Kier molecular flexibility index (Phi) is 5.97. The second kappa shape index (κ2) is 10.7. The highest BCUT2D eigenvalue weighted by Gasteiger charge is 2.14. The molecule has 9 aromatic carbocycles. The van der Waals surface area contributed by atoms with Crippen molar-refractivity contribution >= 4 is 70.7 Å². The summed E-state index contributed by atoms with van der Waals surface area (Å²) >= 11 is 0. The van der Waals surface area contributed by atoms with Crippen molar-refractivity contribution in [2.24, 2.45) is 0 Å². The van der Waals surface area contributed by atoms with Crippen LogP contribution in [-0.4, -0.2) is 0 Å². The zero-order chi connectivity index (χ0) is 32.5. The van der Waals surface area contributed by atoms with E-state index in [1.165, 1.54) is 65.3 Å². The molecule has 10 aromatic rings. The second-order valence-electron chi connectivity index (χ2n) is 12.8. The predicted octanol–water partition coefficient (Wildman–Crippen LogP) is 13.8. The minimum absolute atomic E-state index is 0.659. The molecule has 0 bridgehead atoms. The Bertz CT molecular complexity index is 2990. The molecule has 0 amide bonds. The Balaban J connectivity index is 1.07. The fraction of sp³-hybridized carbons (Fsp3) is 0. The number of benzene rings is 9. The van der Waals surface area contributed by atoms with Gasteiger partial charge in [-0.2, -0.15) is 0 Å². The van der Waals surface area contributed by atoms with Gasteiger partial charge in [-0.25, -0.2) is 4.85 Å². The van der Waals surface area contributed by atoms with E-state index in [1.807, 2.05) is 36.4 Å². The molecule has 0 aliphatic heterocycles. The summed E-state index contributed by atoms with van der Waals surface area (Å²) in [4.78, 5) is 3.52. The van der Waals surface area contributed by atoms with E-state index < -0.39 is 0 Å².